The SMILES string of the molecule is N#Cc1cnccc1-c1ccc2c(c1)sc(=O)n2CC1CC1(F)F. The highest BCUT2D eigenvalue weighted by molar-refractivity contribution is 7.16. The second-order valence-corrected chi connectivity index (χ2v) is 6.85. The Balaban J connectivity index is 1.78. The van der Waals surface area contributed by atoms with Crippen molar-refractivity contribution in [3.63, 3.8) is 0 Å². The van der Waals surface area contributed by atoms with E-state index >= 15 is 0 Å². The van der Waals surface area contributed by atoms with Gasteiger partial charge in [0.15, 0.2) is 0 Å². The summed E-state index contributed by atoms with van der Waals surface area (Å²) in [4.78, 5) is 15.9. The average Bonchev–Trinajstić information content (AvgIpc) is 3.06. The number of nitriles is 1. The molecule has 120 valence electrons. The zero-order valence-electron chi connectivity index (χ0n) is 12.4. The van der Waals surface area contributed by atoms with Crippen LogP contribution in [0.2, 0.25) is 0 Å². The van der Waals surface area contributed by atoms with Gasteiger partial charge in [-0.05, 0) is 23.8 Å². The van der Waals surface area contributed by atoms with Gasteiger partial charge in [-0.3, -0.25) is 14.3 Å². The van der Waals surface area contributed by atoms with E-state index in [9.17, 15) is 18.8 Å². The first kappa shape index (κ1) is 15.0. The quantitative estimate of drug-likeness (QED) is 0.729. The van der Waals surface area contributed by atoms with Crippen molar-refractivity contribution in [1.82, 2.24) is 9.55 Å². The Kier molecular flexibility index (Phi) is 3.25. The second kappa shape index (κ2) is 5.21. The molecule has 0 bridgehead atoms. The van der Waals surface area contributed by atoms with Crippen molar-refractivity contribution in [2.24, 2.45) is 5.92 Å². The van der Waals surface area contributed by atoms with E-state index in [1.165, 1.54) is 10.8 Å². The largest absolute Gasteiger partial charge is 0.308 e. The maximum Gasteiger partial charge on any atom is 0.308 e. The summed E-state index contributed by atoms with van der Waals surface area (Å²) in [6.07, 6.45) is 2.93. The van der Waals surface area contributed by atoms with Crippen molar-refractivity contribution in [2.75, 3.05) is 0 Å². The van der Waals surface area contributed by atoms with Gasteiger partial charge in [0.25, 0.3) is 5.92 Å². The standard InChI is InChI=1S/C17H11F2N3OS/c18-17(19)6-12(17)9-22-14-2-1-10(5-15(14)24-16(22)23)13-3-4-21-8-11(13)7-20/h1-5,8,12H,6,9H2. The normalized spacial score (nSPS) is 18.5. The summed E-state index contributed by atoms with van der Waals surface area (Å²) in [5, 5.41) is 9.18. The van der Waals surface area contributed by atoms with E-state index in [2.05, 4.69) is 11.1 Å². The minimum Gasteiger partial charge on any atom is -0.298 e. The van der Waals surface area contributed by atoms with E-state index in [0.29, 0.717) is 11.1 Å². The Labute approximate surface area is 139 Å². The lowest BCUT2D eigenvalue weighted by molar-refractivity contribution is 0.0953. The molecule has 0 amide bonds. The summed E-state index contributed by atoms with van der Waals surface area (Å²) in [5.74, 6) is -3.40. The average molecular weight is 343 g/mol. The van der Waals surface area contributed by atoms with Crippen LogP contribution in [0.15, 0.2) is 41.5 Å². The van der Waals surface area contributed by atoms with Crippen molar-refractivity contribution in [3.05, 3.63) is 51.9 Å². The Bertz CT molecular complexity index is 1050. The predicted octanol–water partition coefficient (Wildman–Crippen LogP) is 3.65. The number of rotatable bonds is 3. The Hall–Kier alpha value is -2.59. The fourth-order valence-electron chi connectivity index (χ4n) is 2.83. The molecular weight excluding hydrogens is 332 g/mol. The van der Waals surface area contributed by atoms with Crippen molar-refractivity contribution < 1.29 is 8.78 Å². The van der Waals surface area contributed by atoms with Crippen molar-refractivity contribution in [3.8, 4) is 17.2 Å². The fourth-order valence-corrected chi connectivity index (χ4v) is 3.77. The third-order valence-electron chi connectivity index (χ3n) is 4.28. The summed E-state index contributed by atoms with van der Waals surface area (Å²) in [5.41, 5.74) is 2.63. The molecule has 1 unspecified atom stereocenters. The van der Waals surface area contributed by atoms with E-state index in [1.807, 2.05) is 6.07 Å². The second-order valence-electron chi connectivity index (χ2n) is 5.86. The third kappa shape index (κ3) is 2.39. The number of hydrogen-bond acceptors (Lipinski definition) is 4. The number of pyridine rings is 1. The van der Waals surface area contributed by atoms with Crippen LogP contribution >= 0.6 is 11.3 Å². The molecule has 1 atom stereocenters. The zero-order chi connectivity index (χ0) is 16.9. The highest BCUT2D eigenvalue weighted by Crippen LogP contribution is 2.49. The molecule has 4 rings (SSSR count). The maximum atomic E-state index is 13.1. The van der Waals surface area contributed by atoms with Gasteiger partial charge in [0.2, 0.25) is 0 Å². The fraction of sp³-hybridized carbons (Fsp3) is 0.235. The van der Waals surface area contributed by atoms with Crippen LogP contribution in [0.5, 0.6) is 0 Å². The first-order valence-electron chi connectivity index (χ1n) is 7.35. The molecule has 1 saturated carbocycles. The number of fused-ring (bicyclic) bond motifs is 1. The molecule has 24 heavy (non-hydrogen) atoms. The molecule has 4 nitrogen and oxygen atoms in total. The number of benzene rings is 1. The number of thiazole rings is 1. The lowest BCUT2D eigenvalue weighted by atomic mass is 10.0. The van der Waals surface area contributed by atoms with Gasteiger partial charge in [-0.15, -0.1) is 0 Å². The summed E-state index contributed by atoms with van der Waals surface area (Å²) < 4.78 is 28.4. The van der Waals surface area contributed by atoms with Crippen LogP contribution in [0, 0.1) is 17.2 Å². The number of alkyl halides is 2. The highest BCUT2D eigenvalue weighted by Gasteiger charge is 2.56. The first-order chi connectivity index (χ1) is 11.5. The van der Waals surface area contributed by atoms with Crippen molar-refractivity contribution in [2.45, 2.75) is 18.9 Å². The van der Waals surface area contributed by atoms with Crippen LogP contribution in [0.4, 0.5) is 8.78 Å². The minimum atomic E-state index is -2.65. The van der Waals surface area contributed by atoms with Crippen LogP contribution in [-0.2, 0) is 6.54 Å². The maximum absolute atomic E-state index is 13.1. The highest BCUT2D eigenvalue weighted by atomic mass is 32.1. The predicted molar refractivity (Wildman–Crippen MR) is 87.1 cm³/mol. The van der Waals surface area contributed by atoms with Gasteiger partial charge in [0.1, 0.15) is 6.07 Å². The topological polar surface area (TPSA) is 58.7 Å². The summed E-state index contributed by atoms with van der Waals surface area (Å²) in [7, 11) is 0. The number of aromatic nitrogens is 2. The molecule has 1 aliphatic rings. The van der Waals surface area contributed by atoms with Gasteiger partial charge in [0.05, 0.1) is 15.8 Å². The Morgan fingerprint density at radius 2 is 2.21 bits per heavy atom. The molecule has 2 aromatic heterocycles. The Morgan fingerprint density at radius 3 is 2.92 bits per heavy atom. The summed E-state index contributed by atoms with van der Waals surface area (Å²) in [6.45, 7) is 0.0455. The molecule has 3 aromatic rings. The van der Waals surface area contributed by atoms with E-state index < -0.39 is 11.8 Å². The monoisotopic (exact) mass is 343 g/mol. The van der Waals surface area contributed by atoms with E-state index in [0.717, 1.165) is 27.2 Å². The molecule has 0 spiro atoms. The summed E-state index contributed by atoms with van der Waals surface area (Å²) in [6, 6.07) is 9.20. The third-order valence-corrected chi connectivity index (χ3v) is 5.22. The first-order valence-corrected chi connectivity index (χ1v) is 8.17. The van der Waals surface area contributed by atoms with Crippen LogP contribution in [-0.4, -0.2) is 15.5 Å². The lowest BCUT2D eigenvalue weighted by Gasteiger charge is -2.06. The van der Waals surface area contributed by atoms with Gasteiger partial charge in [0, 0.05) is 36.8 Å². The van der Waals surface area contributed by atoms with Crippen LogP contribution in [0.3, 0.4) is 0 Å². The Morgan fingerprint density at radius 1 is 1.42 bits per heavy atom. The molecule has 0 N–H and O–H groups in total. The summed E-state index contributed by atoms with van der Waals surface area (Å²) >= 11 is 1.03. The lowest BCUT2D eigenvalue weighted by Crippen LogP contribution is -2.15. The molecule has 2 heterocycles. The van der Waals surface area contributed by atoms with Gasteiger partial charge >= 0.3 is 4.87 Å². The number of hydrogen-bond donors (Lipinski definition) is 0. The zero-order valence-corrected chi connectivity index (χ0v) is 13.2. The molecule has 1 aliphatic carbocycles. The van der Waals surface area contributed by atoms with Crippen LogP contribution in [0.1, 0.15) is 12.0 Å². The van der Waals surface area contributed by atoms with Crippen molar-refractivity contribution >= 4 is 21.6 Å². The van der Waals surface area contributed by atoms with E-state index in [4.69, 9.17) is 0 Å². The molecule has 1 aromatic carbocycles. The smallest absolute Gasteiger partial charge is 0.298 e. The molecule has 0 saturated heterocycles. The number of nitrogens with zero attached hydrogens (tertiary/aromatic N) is 3. The van der Waals surface area contributed by atoms with Gasteiger partial charge in [-0.25, -0.2) is 8.78 Å². The molecular formula is C17H11F2N3OS. The number of halogens is 2. The molecule has 0 radical (unpaired) electrons. The molecule has 1 fully saturated rings. The van der Waals surface area contributed by atoms with Gasteiger partial charge < -0.3 is 0 Å². The van der Waals surface area contributed by atoms with E-state index in [-0.39, 0.29) is 17.8 Å². The van der Waals surface area contributed by atoms with Crippen LogP contribution < -0.4 is 4.87 Å². The van der Waals surface area contributed by atoms with E-state index in [1.54, 1.807) is 24.4 Å². The van der Waals surface area contributed by atoms with Crippen LogP contribution in [0.25, 0.3) is 21.3 Å². The van der Waals surface area contributed by atoms with Gasteiger partial charge in [-0.1, -0.05) is 17.4 Å². The van der Waals surface area contributed by atoms with Gasteiger partial charge in [-0.2, -0.15) is 5.26 Å². The minimum absolute atomic E-state index is 0.0455. The molecule has 7 heteroatoms. The molecule has 0 aliphatic heterocycles. The van der Waals surface area contributed by atoms with Crippen molar-refractivity contribution in [1.29, 1.82) is 5.26 Å².